The Bertz CT molecular complexity index is 199. The maximum absolute atomic E-state index is 10.5. The SMILES string of the molecule is CCCC1CCC(O)(CNC(C)(C)C)CC1. The highest BCUT2D eigenvalue weighted by atomic mass is 16.3. The molecule has 0 radical (unpaired) electrons. The summed E-state index contributed by atoms with van der Waals surface area (Å²) in [7, 11) is 0. The van der Waals surface area contributed by atoms with E-state index < -0.39 is 5.60 Å². The van der Waals surface area contributed by atoms with Crippen LogP contribution in [0, 0.1) is 5.92 Å². The van der Waals surface area contributed by atoms with Crippen molar-refractivity contribution in [2.45, 2.75) is 77.4 Å². The predicted molar refractivity (Wildman–Crippen MR) is 69.6 cm³/mol. The molecule has 2 heteroatoms. The number of rotatable bonds is 4. The number of β-amino-alcohol motifs (C(OH)–C–C–N with tert-alkyl or cyclic N) is 1. The van der Waals surface area contributed by atoms with Gasteiger partial charge < -0.3 is 10.4 Å². The van der Waals surface area contributed by atoms with E-state index in [9.17, 15) is 5.11 Å². The van der Waals surface area contributed by atoms with Crippen LogP contribution >= 0.6 is 0 Å². The lowest BCUT2D eigenvalue weighted by Gasteiger charge is -2.38. The molecule has 1 saturated carbocycles. The van der Waals surface area contributed by atoms with E-state index >= 15 is 0 Å². The first kappa shape index (κ1) is 14.0. The van der Waals surface area contributed by atoms with Crippen LogP contribution in [0.4, 0.5) is 0 Å². The molecular formula is C14H29NO. The number of nitrogens with one attached hydrogen (secondary N) is 1. The smallest absolute Gasteiger partial charge is 0.0772 e. The molecule has 1 aliphatic carbocycles. The molecule has 0 spiro atoms. The van der Waals surface area contributed by atoms with Crippen LogP contribution < -0.4 is 5.32 Å². The van der Waals surface area contributed by atoms with Crippen molar-refractivity contribution in [2.24, 2.45) is 5.92 Å². The summed E-state index contributed by atoms with van der Waals surface area (Å²) >= 11 is 0. The van der Waals surface area contributed by atoms with E-state index in [1.807, 2.05) is 0 Å². The Morgan fingerprint density at radius 2 is 1.81 bits per heavy atom. The molecule has 1 fully saturated rings. The maximum Gasteiger partial charge on any atom is 0.0772 e. The van der Waals surface area contributed by atoms with E-state index in [2.05, 4.69) is 33.0 Å². The van der Waals surface area contributed by atoms with Gasteiger partial charge in [-0.2, -0.15) is 0 Å². The zero-order valence-electron chi connectivity index (χ0n) is 11.5. The number of aliphatic hydroxyl groups is 1. The Kier molecular flexibility index (Phi) is 4.81. The van der Waals surface area contributed by atoms with Crippen LogP contribution in [0.3, 0.4) is 0 Å². The molecule has 2 N–H and O–H groups in total. The van der Waals surface area contributed by atoms with Crippen LogP contribution in [-0.4, -0.2) is 22.8 Å². The second-order valence-electron chi connectivity index (χ2n) is 6.56. The Labute approximate surface area is 101 Å². The summed E-state index contributed by atoms with van der Waals surface area (Å²) in [5, 5.41) is 13.9. The first-order valence-corrected chi connectivity index (χ1v) is 6.82. The summed E-state index contributed by atoms with van der Waals surface area (Å²) in [6.07, 6.45) is 6.97. The summed E-state index contributed by atoms with van der Waals surface area (Å²) in [5.41, 5.74) is -0.340. The zero-order valence-corrected chi connectivity index (χ0v) is 11.5. The fourth-order valence-corrected chi connectivity index (χ4v) is 2.52. The minimum Gasteiger partial charge on any atom is -0.389 e. The van der Waals surface area contributed by atoms with Gasteiger partial charge in [0.25, 0.3) is 0 Å². The molecule has 1 rings (SSSR count). The van der Waals surface area contributed by atoms with Crippen molar-refractivity contribution >= 4 is 0 Å². The van der Waals surface area contributed by atoms with E-state index in [0.29, 0.717) is 0 Å². The van der Waals surface area contributed by atoms with Gasteiger partial charge in [-0.15, -0.1) is 0 Å². The van der Waals surface area contributed by atoms with E-state index in [1.165, 1.54) is 25.7 Å². The summed E-state index contributed by atoms with van der Waals surface area (Å²) in [6, 6.07) is 0. The number of hydrogen-bond acceptors (Lipinski definition) is 2. The Balaban J connectivity index is 2.32. The van der Waals surface area contributed by atoms with Crippen LogP contribution in [0.25, 0.3) is 0 Å². The van der Waals surface area contributed by atoms with Gasteiger partial charge in [-0.05, 0) is 52.4 Å². The van der Waals surface area contributed by atoms with Crippen molar-refractivity contribution < 1.29 is 5.11 Å². The average molecular weight is 227 g/mol. The number of hydrogen-bond donors (Lipinski definition) is 2. The largest absolute Gasteiger partial charge is 0.389 e. The lowest BCUT2D eigenvalue weighted by atomic mass is 9.77. The van der Waals surface area contributed by atoms with Crippen LogP contribution in [0.15, 0.2) is 0 Å². The summed E-state index contributed by atoms with van der Waals surface area (Å²) in [4.78, 5) is 0. The quantitative estimate of drug-likeness (QED) is 0.773. The second-order valence-corrected chi connectivity index (χ2v) is 6.56. The molecule has 1 aliphatic rings. The summed E-state index contributed by atoms with van der Waals surface area (Å²) in [6.45, 7) is 9.45. The van der Waals surface area contributed by atoms with E-state index in [-0.39, 0.29) is 5.54 Å². The minimum absolute atomic E-state index is 0.107. The van der Waals surface area contributed by atoms with E-state index in [1.54, 1.807) is 0 Å². The van der Waals surface area contributed by atoms with Crippen LogP contribution in [-0.2, 0) is 0 Å². The summed E-state index contributed by atoms with van der Waals surface area (Å²) < 4.78 is 0. The van der Waals surface area contributed by atoms with Crippen molar-refractivity contribution in [3.05, 3.63) is 0 Å². The first-order valence-electron chi connectivity index (χ1n) is 6.82. The maximum atomic E-state index is 10.5. The van der Waals surface area contributed by atoms with Gasteiger partial charge in [0, 0.05) is 12.1 Å². The molecule has 2 nitrogen and oxygen atoms in total. The van der Waals surface area contributed by atoms with Gasteiger partial charge in [0.1, 0.15) is 0 Å². The normalized spacial score (nSPS) is 31.7. The molecule has 96 valence electrons. The molecule has 0 aromatic carbocycles. The van der Waals surface area contributed by atoms with Gasteiger partial charge in [-0.1, -0.05) is 19.8 Å². The Hall–Kier alpha value is -0.0800. The van der Waals surface area contributed by atoms with Crippen molar-refractivity contribution in [3.8, 4) is 0 Å². The Morgan fingerprint density at radius 1 is 1.25 bits per heavy atom. The highest BCUT2D eigenvalue weighted by Gasteiger charge is 2.33. The predicted octanol–water partition coefficient (Wildman–Crippen LogP) is 3.10. The molecule has 0 aromatic rings. The van der Waals surface area contributed by atoms with Crippen molar-refractivity contribution in [3.63, 3.8) is 0 Å². The van der Waals surface area contributed by atoms with E-state index in [0.717, 1.165) is 25.3 Å². The molecule has 0 amide bonds. The molecular weight excluding hydrogens is 198 g/mol. The van der Waals surface area contributed by atoms with Gasteiger partial charge in [0.05, 0.1) is 5.60 Å². The standard InChI is InChI=1S/C14H29NO/c1-5-6-12-7-9-14(16,10-8-12)11-15-13(2,3)4/h12,15-16H,5-11H2,1-4H3. The first-order chi connectivity index (χ1) is 7.35. The monoisotopic (exact) mass is 227 g/mol. The fraction of sp³-hybridized carbons (Fsp3) is 1.00. The molecule has 0 bridgehead atoms. The van der Waals surface area contributed by atoms with Crippen molar-refractivity contribution in [2.75, 3.05) is 6.54 Å². The van der Waals surface area contributed by atoms with Crippen molar-refractivity contribution in [1.29, 1.82) is 0 Å². The van der Waals surface area contributed by atoms with E-state index in [4.69, 9.17) is 0 Å². The lowest BCUT2D eigenvalue weighted by Crippen LogP contribution is -2.49. The second kappa shape index (κ2) is 5.50. The van der Waals surface area contributed by atoms with Gasteiger partial charge in [0.15, 0.2) is 0 Å². The molecule has 0 aromatic heterocycles. The third-order valence-electron chi connectivity index (χ3n) is 3.68. The molecule has 0 unspecified atom stereocenters. The van der Waals surface area contributed by atoms with Gasteiger partial charge in [-0.25, -0.2) is 0 Å². The van der Waals surface area contributed by atoms with Crippen LogP contribution in [0.1, 0.15) is 66.2 Å². The lowest BCUT2D eigenvalue weighted by molar-refractivity contribution is -0.0135. The van der Waals surface area contributed by atoms with Crippen LogP contribution in [0.2, 0.25) is 0 Å². The van der Waals surface area contributed by atoms with Crippen LogP contribution in [0.5, 0.6) is 0 Å². The third-order valence-corrected chi connectivity index (χ3v) is 3.68. The highest BCUT2D eigenvalue weighted by molar-refractivity contribution is 4.89. The fourth-order valence-electron chi connectivity index (χ4n) is 2.52. The molecule has 16 heavy (non-hydrogen) atoms. The van der Waals surface area contributed by atoms with Gasteiger partial charge in [0.2, 0.25) is 0 Å². The Morgan fingerprint density at radius 3 is 2.25 bits per heavy atom. The highest BCUT2D eigenvalue weighted by Crippen LogP contribution is 2.34. The van der Waals surface area contributed by atoms with Gasteiger partial charge >= 0.3 is 0 Å². The topological polar surface area (TPSA) is 32.3 Å². The molecule has 0 atom stereocenters. The summed E-state index contributed by atoms with van der Waals surface area (Å²) in [5.74, 6) is 0.861. The zero-order chi connectivity index (χ0) is 12.2. The van der Waals surface area contributed by atoms with Crippen molar-refractivity contribution in [1.82, 2.24) is 5.32 Å². The minimum atomic E-state index is -0.447. The molecule has 0 heterocycles. The molecule has 0 saturated heterocycles. The van der Waals surface area contributed by atoms with Gasteiger partial charge in [-0.3, -0.25) is 0 Å². The molecule has 0 aliphatic heterocycles. The average Bonchev–Trinajstić information content (AvgIpc) is 2.19. The third kappa shape index (κ3) is 4.84.